The van der Waals surface area contributed by atoms with Crippen LogP contribution < -0.4 is 0 Å². The third-order valence-corrected chi connectivity index (χ3v) is 3.73. The lowest BCUT2D eigenvalue weighted by molar-refractivity contribution is -0.0340. The van der Waals surface area contributed by atoms with E-state index in [1.807, 2.05) is 24.3 Å². The molecule has 0 saturated heterocycles. The van der Waals surface area contributed by atoms with Crippen LogP contribution in [0.5, 0.6) is 0 Å². The minimum absolute atomic E-state index is 0.00784. The second kappa shape index (κ2) is 4.11. The van der Waals surface area contributed by atoms with Gasteiger partial charge in [0, 0.05) is 5.02 Å². The highest BCUT2D eigenvalue weighted by Crippen LogP contribution is 2.45. The number of hydrogen-bond donors (Lipinski definition) is 0. The maximum absolute atomic E-state index is 6.20. The van der Waals surface area contributed by atoms with Crippen LogP contribution in [-0.4, -0.2) is 0 Å². The summed E-state index contributed by atoms with van der Waals surface area (Å²) in [7, 11) is 0. The molecule has 1 atom stereocenters. The van der Waals surface area contributed by atoms with Gasteiger partial charge in [0.1, 0.15) is 6.10 Å². The van der Waals surface area contributed by atoms with Gasteiger partial charge in [-0.25, -0.2) is 0 Å². The Morgan fingerprint density at radius 3 is 2.39 bits per heavy atom. The fourth-order valence-electron chi connectivity index (χ4n) is 2.58. The van der Waals surface area contributed by atoms with Crippen LogP contribution in [0.4, 0.5) is 0 Å². The van der Waals surface area contributed by atoms with Gasteiger partial charge in [-0.3, -0.25) is 0 Å². The third-order valence-electron chi connectivity index (χ3n) is 3.48. The minimum atomic E-state index is -0.235. The topological polar surface area (TPSA) is 9.23 Å². The first kappa shape index (κ1) is 11.8. The zero-order chi connectivity index (χ0) is 12.8. The van der Waals surface area contributed by atoms with Gasteiger partial charge < -0.3 is 4.74 Å². The Morgan fingerprint density at radius 2 is 1.67 bits per heavy atom. The minimum Gasteiger partial charge on any atom is -0.358 e. The lowest BCUT2D eigenvalue weighted by Crippen LogP contribution is -2.15. The summed E-state index contributed by atoms with van der Waals surface area (Å²) < 4.78 is 6.20. The molecule has 0 N–H and O–H groups in total. The summed E-state index contributed by atoms with van der Waals surface area (Å²) in [4.78, 5) is 0. The normalized spacial score (nSPS) is 20.7. The van der Waals surface area contributed by atoms with E-state index in [2.05, 4.69) is 38.1 Å². The summed E-state index contributed by atoms with van der Waals surface area (Å²) in [6, 6.07) is 16.3. The second-order valence-corrected chi connectivity index (χ2v) is 5.58. The maximum atomic E-state index is 6.20. The van der Waals surface area contributed by atoms with Crippen LogP contribution in [0.2, 0.25) is 5.02 Å². The molecule has 1 nitrogen and oxygen atoms in total. The van der Waals surface area contributed by atoms with E-state index in [1.54, 1.807) is 0 Å². The first-order valence-corrected chi connectivity index (χ1v) is 6.48. The highest BCUT2D eigenvalue weighted by molar-refractivity contribution is 6.30. The van der Waals surface area contributed by atoms with E-state index in [-0.39, 0.29) is 11.7 Å². The Bertz CT molecular complexity index is 572. The van der Waals surface area contributed by atoms with Crippen LogP contribution in [0.3, 0.4) is 0 Å². The summed E-state index contributed by atoms with van der Waals surface area (Å²) in [5.74, 6) is 0. The maximum Gasteiger partial charge on any atom is 0.109 e. The Labute approximate surface area is 112 Å². The van der Waals surface area contributed by atoms with Crippen molar-refractivity contribution in [3.8, 4) is 0 Å². The van der Waals surface area contributed by atoms with Crippen molar-refractivity contribution in [3.63, 3.8) is 0 Å². The summed E-state index contributed by atoms with van der Waals surface area (Å²) in [5.41, 5.74) is 3.44. The molecule has 1 aliphatic rings. The van der Waals surface area contributed by atoms with Crippen molar-refractivity contribution < 1.29 is 4.74 Å². The number of rotatable bonds is 1. The van der Waals surface area contributed by atoms with E-state index >= 15 is 0 Å². The van der Waals surface area contributed by atoms with E-state index in [1.165, 1.54) is 11.1 Å². The lowest BCUT2D eigenvalue weighted by Gasteiger charge is -2.20. The van der Waals surface area contributed by atoms with Gasteiger partial charge in [0.15, 0.2) is 0 Å². The van der Waals surface area contributed by atoms with E-state index in [0.717, 1.165) is 10.6 Å². The van der Waals surface area contributed by atoms with Gasteiger partial charge in [0.05, 0.1) is 5.60 Å². The SMILES string of the molecule is CC1(C)O[C@H](c2ccc(Cl)cc2)c2ccccc21. The molecule has 0 spiro atoms. The molecule has 1 aliphatic heterocycles. The van der Waals surface area contributed by atoms with Crippen molar-refractivity contribution in [2.24, 2.45) is 0 Å². The van der Waals surface area contributed by atoms with Crippen molar-refractivity contribution >= 4 is 11.6 Å². The van der Waals surface area contributed by atoms with E-state index in [0.29, 0.717) is 0 Å². The van der Waals surface area contributed by atoms with E-state index in [9.17, 15) is 0 Å². The van der Waals surface area contributed by atoms with Gasteiger partial charge >= 0.3 is 0 Å². The van der Waals surface area contributed by atoms with Gasteiger partial charge in [0.2, 0.25) is 0 Å². The summed E-state index contributed by atoms with van der Waals surface area (Å²) in [5, 5.41) is 0.754. The fraction of sp³-hybridized carbons (Fsp3) is 0.250. The van der Waals surface area contributed by atoms with Crippen LogP contribution in [0.1, 0.15) is 36.6 Å². The largest absolute Gasteiger partial charge is 0.358 e. The van der Waals surface area contributed by atoms with E-state index < -0.39 is 0 Å². The molecule has 1 heterocycles. The molecule has 3 rings (SSSR count). The Morgan fingerprint density at radius 1 is 1.00 bits per heavy atom. The highest BCUT2D eigenvalue weighted by atomic mass is 35.5. The molecule has 2 aromatic carbocycles. The fourth-order valence-corrected chi connectivity index (χ4v) is 2.71. The molecule has 0 bridgehead atoms. The molecule has 0 unspecified atom stereocenters. The van der Waals surface area contributed by atoms with Crippen molar-refractivity contribution in [2.75, 3.05) is 0 Å². The standard InChI is InChI=1S/C16H15ClO/c1-16(2)14-6-4-3-5-13(14)15(18-16)11-7-9-12(17)10-8-11/h3-10,15H,1-2H3/t15-/m1/s1. The molecule has 0 aliphatic carbocycles. The number of ether oxygens (including phenoxy) is 1. The van der Waals surface area contributed by atoms with Crippen LogP contribution in [0.15, 0.2) is 48.5 Å². The van der Waals surface area contributed by atoms with Crippen LogP contribution >= 0.6 is 11.6 Å². The van der Waals surface area contributed by atoms with Crippen molar-refractivity contribution in [2.45, 2.75) is 25.6 Å². The molecule has 0 saturated carbocycles. The predicted octanol–water partition coefficient (Wildman–Crippen LogP) is 4.69. The van der Waals surface area contributed by atoms with Crippen molar-refractivity contribution in [3.05, 3.63) is 70.2 Å². The quantitative estimate of drug-likeness (QED) is 0.721. The van der Waals surface area contributed by atoms with Crippen LogP contribution in [0.25, 0.3) is 0 Å². The average molecular weight is 259 g/mol. The molecule has 2 aromatic rings. The number of hydrogen-bond acceptors (Lipinski definition) is 1. The second-order valence-electron chi connectivity index (χ2n) is 5.15. The zero-order valence-electron chi connectivity index (χ0n) is 10.5. The molecule has 0 amide bonds. The first-order chi connectivity index (χ1) is 8.58. The molecule has 18 heavy (non-hydrogen) atoms. The molecule has 0 aromatic heterocycles. The Kier molecular flexibility index (Phi) is 2.69. The highest BCUT2D eigenvalue weighted by Gasteiger charge is 2.37. The van der Waals surface area contributed by atoms with Gasteiger partial charge in [-0.15, -0.1) is 0 Å². The number of benzene rings is 2. The van der Waals surface area contributed by atoms with Crippen molar-refractivity contribution in [1.29, 1.82) is 0 Å². The van der Waals surface area contributed by atoms with Gasteiger partial charge in [-0.05, 0) is 42.7 Å². The monoisotopic (exact) mass is 258 g/mol. The molecular formula is C16H15ClO. The average Bonchev–Trinajstić information content (AvgIpc) is 2.63. The van der Waals surface area contributed by atoms with E-state index in [4.69, 9.17) is 16.3 Å². The van der Waals surface area contributed by atoms with Crippen LogP contribution in [0, 0.1) is 0 Å². The van der Waals surface area contributed by atoms with Gasteiger partial charge in [0.25, 0.3) is 0 Å². The molecule has 0 radical (unpaired) electrons. The Balaban J connectivity index is 2.08. The summed E-state index contributed by atoms with van der Waals surface area (Å²) in [6.07, 6.45) is 0.00784. The van der Waals surface area contributed by atoms with Gasteiger partial charge in [-0.2, -0.15) is 0 Å². The molecular weight excluding hydrogens is 244 g/mol. The predicted molar refractivity (Wildman–Crippen MR) is 73.8 cm³/mol. The number of fused-ring (bicyclic) bond motifs is 1. The third kappa shape index (κ3) is 1.84. The molecule has 0 fully saturated rings. The molecule has 2 heteroatoms. The zero-order valence-corrected chi connectivity index (χ0v) is 11.2. The summed E-state index contributed by atoms with van der Waals surface area (Å²) in [6.45, 7) is 4.23. The smallest absolute Gasteiger partial charge is 0.109 e. The summed E-state index contributed by atoms with van der Waals surface area (Å²) >= 11 is 5.93. The number of halogens is 1. The molecule has 92 valence electrons. The van der Waals surface area contributed by atoms with Crippen molar-refractivity contribution in [1.82, 2.24) is 0 Å². The van der Waals surface area contributed by atoms with Crippen LogP contribution in [-0.2, 0) is 10.3 Å². The first-order valence-electron chi connectivity index (χ1n) is 6.10. The Hall–Kier alpha value is -1.31. The lowest BCUT2D eigenvalue weighted by atomic mass is 9.93. The van der Waals surface area contributed by atoms with Gasteiger partial charge in [-0.1, -0.05) is 48.0 Å².